The average molecular weight is 252 g/mol. The van der Waals surface area contributed by atoms with Crippen molar-refractivity contribution < 1.29 is 4.74 Å². The summed E-state index contributed by atoms with van der Waals surface area (Å²) in [4.78, 5) is 0. The van der Waals surface area contributed by atoms with Gasteiger partial charge in [0.1, 0.15) is 5.92 Å². The number of nitrogens with one attached hydrogen (secondary N) is 2. The lowest BCUT2D eigenvalue weighted by Crippen LogP contribution is -2.30. The largest absolute Gasteiger partial charge is 0.422 e. The van der Waals surface area contributed by atoms with E-state index < -0.39 is 5.92 Å². The van der Waals surface area contributed by atoms with E-state index in [0.29, 0.717) is 5.88 Å². The van der Waals surface area contributed by atoms with Crippen LogP contribution in [0, 0.1) is 29.6 Å². The SMILES string of the molecule is Cc1[nH]nc2c1C(c1ccccc1)C(C#N)C(=N)O2. The second kappa shape index (κ2) is 4.25. The maximum absolute atomic E-state index is 9.35. The minimum absolute atomic E-state index is 0.0460. The van der Waals surface area contributed by atoms with E-state index in [-0.39, 0.29) is 11.8 Å². The molecule has 19 heavy (non-hydrogen) atoms. The molecule has 2 heterocycles. The maximum Gasteiger partial charge on any atom is 0.243 e. The number of hydrogen-bond acceptors (Lipinski definition) is 4. The zero-order valence-electron chi connectivity index (χ0n) is 10.3. The molecule has 2 atom stereocenters. The molecular formula is C14H12N4O. The number of hydrogen-bond donors (Lipinski definition) is 2. The van der Waals surface area contributed by atoms with E-state index in [1.165, 1.54) is 0 Å². The van der Waals surface area contributed by atoms with Crippen molar-refractivity contribution in [3.8, 4) is 11.9 Å². The highest BCUT2D eigenvalue weighted by Crippen LogP contribution is 2.42. The number of ether oxygens (including phenoxy) is 1. The first-order valence-corrected chi connectivity index (χ1v) is 5.98. The predicted octanol–water partition coefficient (Wildman–Crippen LogP) is 2.36. The fourth-order valence-corrected chi connectivity index (χ4v) is 2.50. The van der Waals surface area contributed by atoms with Crippen molar-refractivity contribution in [1.29, 1.82) is 10.7 Å². The molecule has 2 unspecified atom stereocenters. The predicted molar refractivity (Wildman–Crippen MR) is 69.1 cm³/mol. The average Bonchev–Trinajstić information content (AvgIpc) is 2.79. The third-order valence-electron chi connectivity index (χ3n) is 3.39. The number of nitriles is 1. The first kappa shape index (κ1) is 11.5. The minimum Gasteiger partial charge on any atom is -0.422 e. The lowest BCUT2D eigenvalue weighted by atomic mass is 9.80. The first-order valence-electron chi connectivity index (χ1n) is 5.98. The topological polar surface area (TPSA) is 85.5 Å². The zero-order valence-corrected chi connectivity index (χ0v) is 10.3. The number of H-pyrrole nitrogens is 1. The van der Waals surface area contributed by atoms with Crippen LogP contribution in [0.25, 0.3) is 0 Å². The molecule has 2 N–H and O–H groups in total. The number of fused-ring (bicyclic) bond motifs is 1. The van der Waals surface area contributed by atoms with Gasteiger partial charge in [-0.05, 0) is 12.5 Å². The normalized spacial score (nSPS) is 21.4. The van der Waals surface area contributed by atoms with Crippen LogP contribution in [0.4, 0.5) is 0 Å². The van der Waals surface area contributed by atoms with Gasteiger partial charge in [0, 0.05) is 17.2 Å². The number of aromatic amines is 1. The summed E-state index contributed by atoms with van der Waals surface area (Å²) in [6, 6.07) is 11.9. The number of nitrogens with zero attached hydrogens (tertiary/aromatic N) is 2. The molecule has 0 radical (unpaired) electrons. The summed E-state index contributed by atoms with van der Waals surface area (Å²) in [6.45, 7) is 1.90. The third kappa shape index (κ3) is 1.69. The fourth-order valence-electron chi connectivity index (χ4n) is 2.50. The van der Waals surface area contributed by atoms with E-state index in [1.807, 2.05) is 37.3 Å². The highest BCUT2D eigenvalue weighted by atomic mass is 16.5. The number of aryl methyl sites for hydroxylation is 1. The number of benzene rings is 1. The smallest absolute Gasteiger partial charge is 0.243 e. The lowest BCUT2D eigenvalue weighted by Gasteiger charge is -2.27. The molecule has 3 rings (SSSR count). The molecule has 0 saturated carbocycles. The summed E-state index contributed by atoms with van der Waals surface area (Å²) in [5.41, 5.74) is 2.73. The number of aromatic nitrogens is 2. The van der Waals surface area contributed by atoms with Crippen LogP contribution in [0.5, 0.6) is 5.88 Å². The van der Waals surface area contributed by atoms with Gasteiger partial charge in [-0.3, -0.25) is 10.5 Å². The highest BCUT2D eigenvalue weighted by Gasteiger charge is 2.39. The van der Waals surface area contributed by atoms with Crippen LogP contribution in [0.2, 0.25) is 0 Å². The molecule has 1 aliphatic rings. The Morgan fingerprint density at radius 3 is 2.79 bits per heavy atom. The maximum atomic E-state index is 9.35. The van der Waals surface area contributed by atoms with E-state index in [1.54, 1.807) is 0 Å². The highest BCUT2D eigenvalue weighted by molar-refractivity contribution is 5.84. The molecule has 0 spiro atoms. The summed E-state index contributed by atoms with van der Waals surface area (Å²) in [7, 11) is 0. The Morgan fingerprint density at radius 1 is 1.37 bits per heavy atom. The Morgan fingerprint density at radius 2 is 2.11 bits per heavy atom. The van der Waals surface area contributed by atoms with Gasteiger partial charge in [-0.1, -0.05) is 30.3 Å². The van der Waals surface area contributed by atoms with Gasteiger partial charge in [0.25, 0.3) is 0 Å². The van der Waals surface area contributed by atoms with Gasteiger partial charge in [-0.25, -0.2) is 0 Å². The second-order valence-electron chi connectivity index (χ2n) is 4.53. The van der Waals surface area contributed by atoms with Gasteiger partial charge >= 0.3 is 0 Å². The van der Waals surface area contributed by atoms with Gasteiger partial charge in [0.05, 0.1) is 6.07 Å². The quantitative estimate of drug-likeness (QED) is 0.816. The molecule has 1 aliphatic heterocycles. The van der Waals surface area contributed by atoms with Crippen LogP contribution in [0.3, 0.4) is 0 Å². The first-order chi connectivity index (χ1) is 9.22. The lowest BCUT2D eigenvalue weighted by molar-refractivity contribution is 0.436. The van der Waals surface area contributed by atoms with Crippen molar-refractivity contribution >= 4 is 5.90 Å². The van der Waals surface area contributed by atoms with Gasteiger partial charge < -0.3 is 4.74 Å². The molecule has 1 aromatic carbocycles. The van der Waals surface area contributed by atoms with E-state index in [0.717, 1.165) is 16.8 Å². The molecule has 0 fully saturated rings. The second-order valence-corrected chi connectivity index (χ2v) is 4.53. The van der Waals surface area contributed by atoms with Crippen LogP contribution >= 0.6 is 0 Å². The summed E-state index contributed by atoms with van der Waals surface area (Å²) < 4.78 is 5.33. The van der Waals surface area contributed by atoms with Crippen molar-refractivity contribution in [2.24, 2.45) is 5.92 Å². The van der Waals surface area contributed by atoms with Gasteiger partial charge in [-0.15, -0.1) is 5.10 Å². The Kier molecular flexibility index (Phi) is 2.57. The summed E-state index contributed by atoms with van der Waals surface area (Å²) in [5.74, 6) is -0.467. The molecule has 1 aromatic heterocycles. The molecule has 5 nitrogen and oxygen atoms in total. The molecule has 94 valence electrons. The van der Waals surface area contributed by atoms with Crippen LogP contribution in [-0.4, -0.2) is 16.1 Å². The standard InChI is InChI=1S/C14H12N4O/c1-8-11-12(9-5-3-2-4-6-9)10(7-15)13(16)19-14(11)18-17-8/h2-6,10,12,16H,1H3,(H,17,18). The van der Waals surface area contributed by atoms with Crippen molar-refractivity contribution in [1.82, 2.24) is 10.2 Å². The summed E-state index contributed by atoms with van der Waals surface area (Å²) in [6.07, 6.45) is 0. The van der Waals surface area contributed by atoms with E-state index >= 15 is 0 Å². The zero-order chi connectivity index (χ0) is 13.4. The molecule has 0 amide bonds. The Hall–Kier alpha value is -2.61. The van der Waals surface area contributed by atoms with Crippen LogP contribution < -0.4 is 4.74 Å². The van der Waals surface area contributed by atoms with Crippen LogP contribution in [0.15, 0.2) is 30.3 Å². The minimum atomic E-state index is -0.619. The molecular weight excluding hydrogens is 240 g/mol. The monoisotopic (exact) mass is 252 g/mol. The van der Waals surface area contributed by atoms with Crippen molar-refractivity contribution in [3.63, 3.8) is 0 Å². The van der Waals surface area contributed by atoms with Crippen molar-refractivity contribution in [3.05, 3.63) is 47.2 Å². The van der Waals surface area contributed by atoms with E-state index in [2.05, 4.69) is 16.3 Å². The molecule has 5 heteroatoms. The Labute approximate surface area is 110 Å². The van der Waals surface area contributed by atoms with Crippen LogP contribution in [0.1, 0.15) is 22.7 Å². The van der Waals surface area contributed by atoms with Gasteiger partial charge in [0.2, 0.25) is 11.8 Å². The van der Waals surface area contributed by atoms with Gasteiger partial charge in [-0.2, -0.15) is 5.26 Å². The van der Waals surface area contributed by atoms with Crippen molar-refractivity contribution in [2.75, 3.05) is 0 Å². The molecule has 0 aliphatic carbocycles. The van der Waals surface area contributed by atoms with E-state index in [9.17, 15) is 5.26 Å². The Balaban J connectivity index is 2.21. The molecule has 0 saturated heterocycles. The third-order valence-corrected chi connectivity index (χ3v) is 3.39. The number of rotatable bonds is 1. The van der Waals surface area contributed by atoms with Crippen LogP contribution in [-0.2, 0) is 0 Å². The summed E-state index contributed by atoms with van der Waals surface area (Å²) in [5, 5.41) is 24.1. The Bertz CT molecular complexity index is 668. The van der Waals surface area contributed by atoms with Gasteiger partial charge in [0.15, 0.2) is 0 Å². The van der Waals surface area contributed by atoms with E-state index in [4.69, 9.17) is 10.1 Å². The summed E-state index contributed by atoms with van der Waals surface area (Å²) >= 11 is 0. The molecule has 0 bridgehead atoms. The van der Waals surface area contributed by atoms with Crippen molar-refractivity contribution in [2.45, 2.75) is 12.8 Å². The fraction of sp³-hybridized carbons (Fsp3) is 0.214. The molecule has 2 aromatic rings.